The third kappa shape index (κ3) is 2.54. The minimum absolute atomic E-state index is 0.197. The van der Waals surface area contributed by atoms with Gasteiger partial charge in [-0.25, -0.2) is 4.39 Å². The van der Waals surface area contributed by atoms with E-state index in [4.69, 9.17) is 0 Å². The van der Waals surface area contributed by atoms with Crippen LogP contribution >= 0.6 is 11.3 Å². The smallest absolute Gasteiger partial charge is 0.266 e. The quantitative estimate of drug-likeness (QED) is 0.715. The summed E-state index contributed by atoms with van der Waals surface area (Å²) in [5, 5.41) is 3.85. The second-order valence-corrected chi connectivity index (χ2v) is 6.02. The van der Waals surface area contributed by atoms with E-state index in [1.54, 1.807) is 19.1 Å². The summed E-state index contributed by atoms with van der Waals surface area (Å²) in [5.74, 6) is -0.516. The maximum absolute atomic E-state index is 13.5. The molecule has 106 valence electrons. The average molecular weight is 299 g/mol. The molecule has 0 radical (unpaired) electrons. The van der Waals surface area contributed by atoms with Crippen molar-refractivity contribution >= 4 is 33.0 Å². The number of rotatable bonds is 2. The zero-order valence-electron chi connectivity index (χ0n) is 11.7. The highest BCUT2D eigenvalue weighted by molar-refractivity contribution is 7.21. The lowest BCUT2D eigenvalue weighted by atomic mass is 10.1. The average Bonchev–Trinajstić information content (AvgIpc) is 2.81. The van der Waals surface area contributed by atoms with Gasteiger partial charge < -0.3 is 5.32 Å². The minimum Gasteiger partial charge on any atom is -0.321 e. The molecule has 0 aliphatic carbocycles. The van der Waals surface area contributed by atoms with E-state index in [0.717, 1.165) is 15.6 Å². The normalized spacial score (nSPS) is 10.8. The van der Waals surface area contributed by atoms with Gasteiger partial charge in [0, 0.05) is 10.4 Å². The number of benzene rings is 2. The lowest BCUT2D eigenvalue weighted by Gasteiger charge is -2.05. The van der Waals surface area contributed by atoms with Crippen LogP contribution in [0.15, 0.2) is 42.5 Å². The Morgan fingerprint density at radius 3 is 2.62 bits per heavy atom. The minimum atomic E-state index is -0.319. The molecule has 0 aliphatic heterocycles. The SMILES string of the molecule is Cc1ccc(NC(=O)c2sc3ccccc3c2C)cc1F. The summed E-state index contributed by atoms with van der Waals surface area (Å²) >= 11 is 1.45. The molecule has 1 heterocycles. The molecule has 0 fully saturated rings. The molecule has 1 amide bonds. The van der Waals surface area contributed by atoms with E-state index in [1.807, 2.05) is 31.2 Å². The van der Waals surface area contributed by atoms with Crippen LogP contribution < -0.4 is 5.32 Å². The highest BCUT2D eigenvalue weighted by atomic mass is 32.1. The van der Waals surface area contributed by atoms with Crippen molar-refractivity contribution in [3.05, 3.63) is 64.3 Å². The second-order valence-electron chi connectivity index (χ2n) is 4.97. The van der Waals surface area contributed by atoms with Crippen molar-refractivity contribution in [3.8, 4) is 0 Å². The summed E-state index contributed by atoms with van der Waals surface area (Å²) in [7, 11) is 0. The molecule has 0 bridgehead atoms. The summed E-state index contributed by atoms with van der Waals surface area (Å²) < 4.78 is 14.6. The number of hydrogen-bond donors (Lipinski definition) is 1. The first-order valence-corrected chi connectivity index (χ1v) is 7.43. The summed E-state index contributed by atoms with van der Waals surface area (Å²) in [6, 6.07) is 12.6. The number of aryl methyl sites for hydroxylation is 2. The molecular weight excluding hydrogens is 285 g/mol. The van der Waals surface area contributed by atoms with Gasteiger partial charge in [-0.05, 0) is 48.6 Å². The van der Waals surface area contributed by atoms with Gasteiger partial charge in [-0.3, -0.25) is 4.79 Å². The predicted octanol–water partition coefficient (Wildman–Crippen LogP) is 4.91. The molecule has 3 rings (SSSR count). The number of halogens is 1. The molecule has 3 aromatic rings. The maximum Gasteiger partial charge on any atom is 0.266 e. The van der Waals surface area contributed by atoms with Crippen LogP contribution in [0.4, 0.5) is 10.1 Å². The van der Waals surface area contributed by atoms with Gasteiger partial charge in [0.15, 0.2) is 0 Å². The Hall–Kier alpha value is -2.20. The fourth-order valence-electron chi connectivity index (χ4n) is 2.25. The number of thiophene rings is 1. The zero-order valence-corrected chi connectivity index (χ0v) is 12.6. The van der Waals surface area contributed by atoms with Crippen LogP contribution in [-0.2, 0) is 0 Å². The Morgan fingerprint density at radius 1 is 1.14 bits per heavy atom. The molecule has 0 unspecified atom stereocenters. The third-order valence-electron chi connectivity index (χ3n) is 3.48. The Kier molecular flexibility index (Phi) is 3.47. The van der Waals surface area contributed by atoms with E-state index in [1.165, 1.54) is 17.4 Å². The van der Waals surface area contributed by atoms with Crippen molar-refractivity contribution < 1.29 is 9.18 Å². The van der Waals surface area contributed by atoms with Crippen LogP contribution in [-0.4, -0.2) is 5.91 Å². The van der Waals surface area contributed by atoms with Crippen LogP contribution in [0.1, 0.15) is 20.8 Å². The summed E-state index contributed by atoms with van der Waals surface area (Å²) in [6.07, 6.45) is 0. The molecule has 4 heteroatoms. The van der Waals surface area contributed by atoms with Gasteiger partial charge in [0.2, 0.25) is 0 Å². The van der Waals surface area contributed by atoms with E-state index < -0.39 is 0 Å². The lowest BCUT2D eigenvalue weighted by Crippen LogP contribution is -2.11. The number of fused-ring (bicyclic) bond motifs is 1. The molecule has 2 aromatic carbocycles. The molecule has 0 saturated carbocycles. The molecule has 2 nitrogen and oxygen atoms in total. The molecule has 0 aliphatic rings. The van der Waals surface area contributed by atoms with Gasteiger partial charge in [0.25, 0.3) is 5.91 Å². The molecule has 0 spiro atoms. The Balaban J connectivity index is 1.93. The Labute approximate surface area is 126 Å². The van der Waals surface area contributed by atoms with Gasteiger partial charge >= 0.3 is 0 Å². The van der Waals surface area contributed by atoms with Crippen LogP contribution in [0, 0.1) is 19.7 Å². The van der Waals surface area contributed by atoms with Crippen molar-refractivity contribution in [2.45, 2.75) is 13.8 Å². The van der Waals surface area contributed by atoms with Crippen LogP contribution in [0.5, 0.6) is 0 Å². The van der Waals surface area contributed by atoms with E-state index in [9.17, 15) is 9.18 Å². The maximum atomic E-state index is 13.5. The molecular formula is C17H14FNOS. The van der Waals surface area contributed by atoms with Gasteiger partial charge in [0.05, 0.1) is 4.88 Å². The van der Waals surface area contributed by atoms with Crippen LogP contribution in [0.2, 0.25) is 0 Å². The van der Waals surface area contributed by atoms with E-state index >= 15 is 0 Å². The Morgan fingerprint density at radius 2 is 1.90 bits per heavy atom. The first kappa shape index (κ1) is 13.8. The van der Waals surface area contributed by atoms with Gasteiger partial charge in [0.1, 0.15) is 5.82 Å². The third-order valence-corrected chi connectivity index (χ3v) is 4.75. The van der Waals surface area contributed by atoms with E-state index in [0.29, 0.717) is 16.1 Å². The first-order chi connectivity index (χ1) is 10.1. The second kappa shape index (κ2) is 5.30. The van der Waals surface area contributed by atoms with Crippen LogP contribution in [0.25, 0.3) is 10.1 Å². The van der Waals surface area contributed by atoms with E-state index in [2.05, 4.69) is 5.32 Å². The zero-order chi connectivity index (χ0) is 15.0. The molecule has 1 N–H and O–H groups in total. The standard InChI is InChI=1S/C17H14FNOS/c1-10-7-8-12(9-14(10)18)19-17(20)16-11(2)13-5-3-4-6-15(13)21-16/h3-9H,1-2H3,(H,19,20). The van der Waals surface area contributed by atoms with Crippen molar-refractivity contribution in [2.24, 2.45) is 0 Å². The number of carbonyl (C=O) groups is 1. The number of carbonyl (C=O) groups excluding carboxylic acids is 1. The topological polar surface area (TPSA) is 29.1 Å². The van der Waals surface area contributed by atoms with Gasteiger partial charge in [-0.15, -0.1) is 11.3 Å². The van der Waals surface area contributed by atoms with Crippen LogP contribution in [0.3, 0.4) is 0 Å². The largest absolute Gasteiger partial charge is 0.321 e. The number of amides is 1. The fourth-order valence-corrected chi connectivity index (χ4v) is 3.35. The van der Waals surface area contributed by atoms with Gasteiger partial charge in [-0.2, -0.15) is 0 Å². The summed E-state index contributed by atoms with van der Waals surface area (Å²) in [4.78, 5) is 13.0. The molecule has 21 heavy (non-hydrogen) atoms. The van der Waals surface area contributed by atoms with Crippen molar-refractivity contribution in [3.63, 3.8) is 0 Å². The predicted molar refractivity (Wildman–Crippen MR) is 85.7 cm³/mol. The lowest BCUT2D eigenvalue weighted by molar-refractivity contribution is 0.103. The summed E-state index contributed by atoms with van der Waals surface area (Å²) in [5.41, 5.74) is 1.99. The van der Waals surface area contributed by atoms with E-state index in [-0.39, 0.29) is 11.7 Å². The first-order valence-electron chi connectivity index (χ1n) is 6.62. The highest BCUT2D eigenvalue weighted by Gasteiger charge is 2.15. The fraction of sp³-hybridized carbons (Fsp3) is 0.118. The number of nitrogens with one attached hydrogen (secondary N) is 1. The highest BCUT2D eigenvalue weighted by Crippen LogP contribution is 2.31. The molecule has 1 aromatic heterocycles. The summed E-state index contributed by atoms with van der Waals surface area (Å²) in [6.45, 7) is 3.63. The van der Waals surface area contributed by atoms with Crippen molar-refractivity contribution in [1.82, 2.24) is 0 Å². The molecule has 0 saturated heterocycles. The van der Waals surface area contributed by atoms with Crippen molar-refractivity contribution in [2.75, 3.05) is 5.32 Å². The van der Waals surface area contributed by atoms with Crippen molar-refractivity contribution in [1.29, 1.82) is 0 Å². The van der Waals surface area contributed by atoms with Gasteiger partial charge in [-0.1, -0.05) is 24.3 Å². The number of hydrogen-bond acceptors (Lipinski definition) is 2. The Bertz CT molecular complexity index is 838. The monoisotopic (exact) mass is 299 g/mol. The number of anilines is 1. The molecule has 0 atom stereocenters.